The Hall–Kier alpha value is -1.55. The van der Waals surface area contributed by atoms with E-state index in [4.69, 9.17) is 4.74 Å². The molecular weight excluding hydrogens is 333 g/mol. The quantitative estimate of drug-likeness (QED) is 0.479. The molecule has 0 aromatic heterocycles. The molecule has 0 heterocycles. The van der Waals surface area contributed by atoms with Crippen molar-refractivity contribution >= 4 is 40.7 Å². The number of rotatable bonds is 4. The van der Waals surface area contributed by atoms with Gasteiger partial charge in [0.2, 0.25) is 0 Å². The maximum atomic E-state index is 11.7. The summed E-state index contributed by atoms with van der Waals surface area (Å²) in [5.41, 5.74) is 0.618. The minimum atomic E-state index is -0.581. The van der Waals surface area contributed by atoms with Crippen LogP contribution in [0.5, 0.6) is 0 Å². The van der Waals surface area contributed by atoms with Gasteiger partial charge < -0.3 is 9.53 Å². The monoisotopic (exact) mass is 343 g/mol. The number of halogens is 1. The minimum absolute atomic E-state index is 0.0178. The first kappa shape index (κ1) is 13.5. The molecule has 0 saturated heterocycles. The van der Waals surface area contributed by atoms with Gasteiger partial charge in [0, 0.05) is 28.3 Å². The molecular formula is C12H10INO3. The Kier molecular flexibility index (Phi) is 6.10. The lowest BCUT2D eigenvalue weighted by molar-refractivity contribution is -0.106. The van der Waals surface area contributed by atoms with Gasteiger partial charge in [-0.3, -0.25) is 4.90 Å². The van der Waals surface area contributed by atoms with Crippen molar-refractivity contribution in [1.82, 2.24) is 0 Å². The van der Waals surface area contributed by atoms with Gasteiger partial charge in [0.05, 0.1) is 6.54 Å². The van der Waals surface area contributed by atoms with Gasteiger partial charge in [-0.05, 0) is 16.1 Å². The van der Waals surface area contributed by atoms with E-state index in [-0.39, 0.29) is 13.2 Å². The van der Waals surface area contributed by atoms with Crippen molar-refractivity contribution in [2.45, 2.75) is 0 Å². The first-order valence-corrected chi connectivity index (χ1v) is 5.89. The first-order valence-electron chi connectivity index (χ1n) is 4.81. The third-order valence-corrected chi connectivity index (χ3v) is 2.26. The second-order valence-electron chi connectivity index (χ2n) is 2.94. The minimum Gasteiger partial charge on any atom is -0.436 e. The zero-order valence-electron chi connectivity index (χ0n) is 8.93. The Balaban J connectivity index is 2.74. The number of amides is 1. The number of anilines is 1. The highest BCUT2D eigenvalue weighted by molar-refractivity contribution is 14.1. The standard InChI is InChI=1S/C12H10INO3/c13-7-4-10-17-12(16)14(8-9-15)11-5-2-1-3-6-11/h1-3,5-6,9H,8,10H2. The summed E-state index contributed by atoms with van der Waals surface area (Å²) >= 11 is 1.86. The predicted octanol–water partition coefficient (Wildman–Crippen LogP) is 2.22. The van der Waals surface area contributed by atoms with E-state index in [1.54, 1.807) is 24.3 Å². The summed E-state index contributed by atoms with van der Waals surface area (Å²) in [6.45, 7) is -0.0233. The van der Waals surface area contributed by atoms with Crippen molar-refractivity contribution in [1.29, 1.82) is 0 Å². The zero-order chi connectivity index (χ0) is 12.5. The Morgan fingerprint density at radius 2 is 2.12 bits per heavy atom. The summed E-state index contributed by atoms with van der Waals surface area (Å²) in [7, 11) is 0. The van der Waals surface area contributed by atoms with Crippen LogP contribution in [0.4, 0.5) is 10.5 Å². The van der Waals surface area contributed by atoms with Crippen LogP contribution in [-0.4, -0.2) is 25.5 Å². The average molecular weight is 343 g/mol. The van der Waals surface area contributed by atoms with Crippen LogP contribution in [0.25, 0.3) is 0 Å². The molecule has 1 rings (SSSR count). The summed E-state index contributed by atoms with van der Waals surface area (Å²) in [4.78, 5) is 23.5. The van der Waals surface area contributed by atoms with E-state index in [1.165, 1.54) is 4.90 Å². The summed E-state index contributed by atoms with van der Waals surface area (Å²) in [5, 5.41) is 0. The number of hydrogen-bond acceptors (Lipinski definition) is 3. The van der Waals surface area contributed by atoms with Gasteiger partial charge in [-0.1, -0.05) is 24.1 Å². The number of aldehydes is 1. The average Bonchev–Trinajstić information content (AvgIpc) is 2.37. The summed E-state index contributed by atoms with van der Waals surface area (Å²) in [6, 6.07) is 8.86. The van der Waals surface area contributed by atoms with E-state index in [0.717, 1.165) is 0 Å². The number of nitrogens with zero attached hydrogens (tertiary/aromatic N) is 1. The molecule has 5 heteroatoms. The molecule has 0 aliphatic heterocycles. The van der Waals surface area contributed by atoms with Crippen molar-refractivity contribution in [2.24, 2.45) is 0 Å². The van der Waals surface area contributed by atoms with E-state index in [9.17, 15) is 9.59 Å². The molecule has 0 radical (unpaired) electrons. The molecule has 88 valence electrons. The number of carbonyl (C=O) groups excluding carboxylic acids is 2. The molecule has 4 nitrogen and oxygen atoms in total. The van der Waals surface area contributed by atoms with E-state index in [0.29, 0.717) is 12.0 Å². The number of carbonyl (C=O) groups is 2. The molecule has 0 aliphatic carbocycles. The third kappa shape index (κ3) is 4.44. The number of benzene rings is 1. The van der Waals surface area contributed by atoms with Gasteiger partial charge >= 0.3 is 6.09 Å². The zero-order valence-corrected chi connectivity index (χ0v) is 11.1. The highest BCUT2D eigenvalue weighted by atomic mass is 127. The van der Waals surface area contributed by atoms with Crippen molar-refractivity contribution in [3.63, 3.8) is 0 Å². The molecule has 0 saturated carbocycles. The van der Waals surface area contributed by atoms with Crippen LogP contribution in [0, 0.1) is 9.85 Å². The SMILES string of the molecule is O=CCN(C(=O)OCC#CI)c1ccccc1. The molecule has 0 spiro atoms. The lowest BCUT2D eigenvalue weighted by atomic mass is 10.3. The fourth-order valence-corrected chi connectivity index (χ4v) is 1.33. The third-order valence-electron chi connectivity index (χ3n) is 1.88. The number of ether oxygens (including phenoxy) is 1. The molecule has 0 N–H and O–H groups in total. The fraction of sp³-hybridized carbons (Fsp3) is 0.167. The second-order valence-corrected chi connectivity index (χ2v) is 3.48. The Morgan fingerprint density at radius 1 is 1.41 bits per heavy atom. The van der Waals surface area contributed by atoms with E-state index < -0.39 is 6.09 Å². The molecule has 0 bridgehead atoms. The number of para-hydroxylation sites is 1. The van der Waals surface area contributed by atoms with Gasteiger partial charge in [0.25, 0.3) is 0 Å². The molecule has 17 heavy (non-hydrogen) atoms. The maximum absolute atomic E-state index is 11.7. The second kappa shape index (κ2) is 7.68. The molecule has 0 fully saturated rings. The Morgan fingerprint density at radius 3 is 2.71 bits per heavy atom. The van der Waals surface area contributed by atoms with E-state index in [1.807, 2.05) is 28.7 Å². The van der Waals surface area contributed by atoms with Crippen molar-refractivity contribution < 1.29 is 14.3 Å². The van der Waals surface area contributed by atoms with Gasteiger partial charge in [-0.2, -0.15) is 0 Å². The molecule has 0 unspecified atom stereocenters. The summed E-state index contributed by atoms with van der Waals surface area (Å²) in [6.07, 6.45) is 0.0700. The van der Waals surface area contributed by atoms with Crippen LogP contribution in [0.3, 0.4) is 0 Å². The lowest BCUT2D eigenvalue weighted by Gasteiger charge is -2.18. The first-order chi connectivity index (χ1) is 8.29. The molecule has 0 aliphatic rings. The van der Waals surface area contributed by atoms with Crippen LogP contribution >= 0.6 is 22.6 Å². The van der Waals surface area contributed by atoms with Crippen LogP contribution in [0.1, 0.15) is 0 Å². The lowest BCUT2D eigenvalue weighted by Crippen LogP contribution is -2.33. The van der Waals surface area contributed by atoms with E-state index >= 15 is 0 Å². The van der Waals surface area contributed by atoms with Crippen LogP contribution in [0.15, 0.2) is 30.3 Å². The largest absolute Gasteiger partial charge is 0.436 e. The summed E-state index contributed by atoms with van der Waals surface area (Å²) < 4.78 is 7.49. The van der Waals surface area contributed by atoms with Crippen molar-refractivity contribution in [3.05, 3.63) is 30.3 Å². The van der Waals surface area contributed by atoms with Crippen molar-refractivity contribution in [3.8, 4) is 9.85 Å². The molecule has 1 aromatic carbocycles. The molecule has 1 amide bonds. The predicted molar refractivity (Wildman–Crippen MR) is 73.0 cm³/mol. The Bertz CT molecular complexity index is 436. The smallest absolute Gasteiger partial charge is 0.415 e. The van der Waals surface area contributed by atoms with E-state index in [2.05, 4.69) is 9.85 Å². The van der Waals surface area contributed by atoms with Crippen LogP contribution in [-0.2, 0) is 9.53 Å². The maximum Gasteiger partial charge on any atom is 0.415 e. The van der Waals surface area contributed by atoms with Crippen LogP contribution in [0.2, 0.25) is 0 Å². The molecule has 1 aromatic rings. The van der Waals surface area contributed by atoms with Gasteiger partial charge in [0.1, 0.15) is 6.29 Å². The fourth-order valence-electron chi connectivity index (χ4n) is 1.17. The normalized spacial score (nSPS) is 8.76. The topological polar surface area (TPSA) is 46.6 Å². The van der Waals surface area contributed by atoms with Gasteiger partial charge in [-0.25, -0.2) is 4.79 Å². The highest BCUT2D eigenvalue weighted by Gasteiger charge is 2.15. The van der Waals surface area contributed by atoms with Crippen LogP contribution < -0.4 is 4.90 Å². The highest BCUT2D eigenvalue weighted by Crippen LogP contribution is 2.13. The van der Waals surface area contributed by atoms with Gasteiger partial charge in [-0.15, -0.1) is 0 Å². The van der Waals surface area contributed by atoms with Gasteiger partial charge in [0.15, 0.2) is 6.61 Å². The summed E-state index contributed by atoms with van der Waals surface area (Å²) in [5.74, 6) is 2.61. The number of hydrogen-bond donors (Lipinski definition) is 0. The molecule has 0 atom stereocenters. The van der Waals surface area contributed by atoms with Crippen molar-refractivity contribution in [2.75, 3.05) is 18.1 Å². The Labute approximate surface area is 113 Å².